The summed E-state index contributed by atoms with van der Waals surface area (Å²) in [6, 6.07) is 16.7. The predicted molar refractivity (Wildman–Crippen MR) is 88.2 cm³/mol. The quantitative estimate of drug-likeness (QED) is 0.818. The largest absolute Gasteiger partial charge is 0.384 e. The van der Waals surface area contributed by atoms with E-state index < -0.39 is 0 Å². The van der Waals surface area contributed by atoms with Crippen LogP contribution in [0.15, 0.2) is 53.0 Å². The summed E-state index contributed by atoms with van der Waals surface area (Å²) in [5.74, 6) is 0.463. The van der Waals surface area contributed by atoms with Crippen LogP contribution in [-0.2, 0) is 11.3 Å². The summed E-state index contributed by atoms with van der Waals surface area (Å²) in [6.45, 7) is 3.73. The normalized spacial score (nSPS) is 12.2. The van der Waals surface area contributed by atoms with Crippen LogP contribution in [-0.4, -0.2) is 13.7 Å². The number of halogens is 1. The van der Waals surface area contributed by atoms with Crippen LogP contribution < -0.4 is 5.32 Å². The topological polar surface area (TPSA) is 21.3 Å². The van der Waals surface area contributed by atoms with E-state index in [-0.39, 0.29) is 0 Å². The molecule has 2 aromatic rings. The maximum absolute atomic E-state index is 5.27. The van der Waals surface area contributed by atoms with Crippen molar-refractivity contribution in [2.75, 3.05) is 19.0 Å². The first-order valence-electron chi connectivity index (χ1n) is 6.77. The summed E-state index contributed by atoms with van der Waals surface area (Å²) >= 11 is 3.58. The van der Waals surface area contributed by atoms with Crippen LogP contribution in [0.5, 0.6) is 0 Å². The lowest BCUT2D eigenvalue weighted by molar-refractivity contribution is 0.185. The molecule has 2 nitrogen and oxygen atoms in total. The minimum atomic E-state index is 0.463. The van der Waals surface area contributed by atoms with Crippen LogP contribution in [0.1, 0.15) is 24.0 Å². The van der Waals surface area contributed by atoms with Gasteiger partial charge in [0, 0.05) is 29.4 Å². The summed E-state index contributed by atoms with van der Waals surface area (Å²) in [4.78, 5) is 0. The summed E-state index contributed by atoms with van der Waals surface area (Å²) in [5.41, 5.74) is 3.64. The lowest BCUT2D eigenvalue weighted by atomic mass is 10.0. The van der Waals surface area contributed by atoms with Gasteiger partial charge in [-0.15, -0.1) is 0 Å². The van der Waals surface area contributed by atoms with Crippen LogP contribution in [0.2, 0.25) is 0 Å². The molecule has 1 N–H and O–H groups in total. The fourth-order valence-corrected chi connectivity index (χ4v) is 2.66. The minimum Gasteiger partial charge on any atom is -0.384 e. The van der Waals surface area contributed by atoms with E-state index >= 15 is 0 Å². The molecule has 0 fully saturated rings. The molecule has 1 unspecified atom stereocenters. The molecule has 0 saturated carbocycles. The molecule has 3 heteroatoms. The number of hydrogen-bond donors (Lipinski definition) is 1. The lowest BCUT2D eigenvalue weighted by Crippen LogP contribution is -2.11. The van der Waals surface area contributed by atoms with E-state index in [2.05, 4.69) is 64.6 Å². The van der Waals surface area contributed by atoms with Crippen molar-refractivity contribution in [3.8, 4) is 0 Å². The van der Waals surface area contributed by atoms with Gasteiger partial charge in [0.2, 0.25) is 0 Å². The van der Waals surface area contributed by atoms with E-state index in [1.165, 1.54) is 5.56 Å². The van der Waals surface area contributed by atoms with Crippen LogP contribution in [0.25, 0.3) is 0 Å². The Hall–Kier alpha value is -1.32. The van der Waals surface area contributed by atoms with Gasteiger partial charge in [-0.25, -0.2) is 0 Å². The van der Waals surface area contributed by atoms with E-state index in [9.17, 15) is 0 Å². The second kappa shape index (κ2) is 7.46. The highest BCUT2D eigenvalue weighted by atomic mass is 79.9. The van der Waals surface area contributed by atoms with Crippen molar-refractivity contribution >= 4 is 21.6 Å². The summed E-state index contributed by atoms with van der Waals surface area (Å²) in [6.07, 6.45) is 0. The summed E-state index contributed by atoms with van der Waals surface area (Å²) in [5, 5.41) is 3.53. The number of rotatable bonds is 6. The highest BCUT2D eigenvalue weighted by molar-refractivity contribution is 9.10. The van der Waals surface area contributed by atoms with Gasteiger partial charge in [0.05, 0.1) is 6.61 Å². The third-order valence-corrected chi connectivity index (χ3v) is 4.12. The van der Waals surface area contributed by atoms with Gasteiger partial charge in [-0.05, 0) is 23.6 Å². The highest BCUT2D eigenvalue weighted by Gasteiger charge is 2.09. The first kappa shape index (κ1) is 15.1. The zero-order valence-electron chi connectivity index (χ0n) is 11.9. The van der Waals surface area contributed by atoms with Gasteiger partial charge in [-0.3, -0.25) is 0 Å². The SMILES string of the molecule is COCc1c(Br)cccc1NCC(C)c1ccccc1. The molecule has 0 aromatic heterocycles. The molecule has 0 aliphatic carbocycles. The van der Waals surface area contributed by atoms with Crippen LogP contribution in [0, 0.1) is 0 Å². The highest BCUT2D eigenvalue weighted by Crippen LogP contribution is 2.26. The molecule has 0 aliphatic rings. The van der Waals surface area contributed by atoms with Gasteiger partial charge >= 0.3 is 0 Å². The Kier molecular flexibility index (Phi) is 5.62. The zero-order valence-corrected chi connectivity index (χ0v) is 13.5. The molecular weight excluding hydrogens is 314 g/mol. The molecule has 0 aliphatic heterocycles. The van der Waals surface area contributed by atoms with Gasteiger partial charge in [-0.2, -0.15) is 0 Å². The Morgan fingerprint density at radius 3 is 2.55 bits per heavy atom. The van der Waals surface area contributed by atoms with Crippen molar-refractivity contribution in [3.05, 3.63) is 64.1 Å². The second-order valence-electron chi connectivity index (χ2n) is 4.89. The fourth-order valence-electron chi connectivity index (χ4n) is 2.18. The molecule has 0 amide bonds. The summed E-state index contributed by atoms with van der Waals surface area (Å²) < 4.78 is 6.35. The van der Waals surface area contributed by atoms with Crippen molar-refractivity contribution in [1.82, 2.24) is 0 Å². The smallest absolute Gasteiger partial charge is 0.0744 e. The van der Waals surface area contributed by atoms with Gasteiger partial charge in [0.1, 0.15) is 0 Å². The molecule has 2 rings (SSSR count). The minimum absolute atomic E-state index is 0.463. The first-order chi connectivity index (χ1) is 9.72. The molecule has 0 radical (unpaired) electrons. The molecule has 0 heterocycles. The predicted octanol–water partition coefficient (Wildman–Crippen LogP) is 4.81. The van der Waals surface area contributed by atoms with E-state index in [4.69, 9.17) is 4.74 Å². The van der Waals surface area contributed by atoms with Gasteiger partial charge in [-0.1, -0.05) is 59.3 Å². The number of benzene rings is 2. The lowest BCUT2D eigenvalue weighted by Gasteiger charge is -2.17. The monoisotopic (exact) mass is 333 g/mol. The van der Waals surface area contributed by atoms with Crippen LogP contribution in [0.3, 0.4) is 0 Å². The van der Waals surface area contributed by atoms with E-state index in [1.807, 2.05) is 12.1 Å². The van der Waals surface area contributed by atoms with Crippen molar-refractivity contribution < 1.29 is 4.74 Å². The first-order valence-corrected chi connectivity index (χ1v) is 7.56. The number of hydrogen-bond acceptors (Lipinski definition) is 2. The van der Waals surface area contributed by atoms with Crippen molar-refractivity contribution in [2.45, 2.75) is 19.4 Å². The number of methoxy groups -OCH3 is 1. The van der Waals surface area contributed by atoms with E-state index in [0.29, 0.717) is 12.5 Å². The van der Waals surface area contributed by atoms with Gasteiger partial charge < -0.3 is 10.1 Å². The second-order valence-corrected chi connectivity index (χ2v) is 5.75. The number of ether oxygens (including phenoxy) is 1. The maximum Gasteiger partial charge on any atom is 0.0744 e. The van der Waals surface area contributed by atoms with Crippen LogP contribution in [0.4, 0.5) is 5.69 Å². The average molecular weight is 334 g/mol. The van der Waals surface area contributed by atoms with Crippen molar-refractivity contribution in [2.24, 2.45) is 0 Å². The Labute approximate surface area is 129 Å². The Morgan fingerprint density at radius 1 is 1.10 bits per heavy atom. The molecular formula is C17H20BrNO. The Balaban J connectivity index is 2.06. The molecule has 0 bridgehead atoms. The number of anilines is 1. The molecule has 20 heavy (non-hydrogen) atoms. The molecule has 0 spiro atoms. The fraction of sp³-hybridized carbons (Fsp3) is 0.294. The van der Waals surface area contributed by atoms with E-state index in [1.54, 1.807) is 7.11 Å². The summed E-state index contributed by atoms with van der Waals surface area (Å²) in [7, 11) is 1.72. The third kappa shape index (κ3) is 3.84. The number of nitrogens with one attached hydrogen (secondary N) is 1. The van der Waals surface area contributed by atoms with Gasteiger partial charge in [0.25, 0.3) is 0 Å². The van der Waals surface area contributed by atoms with Crippen LogP contribution >= 0.6 is 15.9 Å². The average Bonchev–Trinajstić information content (AvgIpc) is 2.48. The standard InChI is InChI=1S/C17H20BrNO/c1-13(14-7-4-3-5-8-14)11-19-17-10-6-9-16(18)15(17)12-20-2/h3-10,13,19H,11-12H2,1-2H3. The van der Waals surface area contributed by atoms with Crippen molar-refractivity contribution in [1.29, 1.82) is 0 Å². The van der Waals surface area contributed by atoms with E-state index in [0.717, 1.165) is 22.3 Å². The zero-order chi connectivity index (χ0) is 14.4. The van der Waals surface area contributed by atoms with Crippen molar-refractivity contribution in [3.63, 3.8) is 0 Å². The molecule has 1 atom stereocenters. The Morgan fingerprint density at radius 2 is 1.85 bits per heavy atom. The molecule has 0 saturated heterocycles. The third-order valence-electron chi connectivity index (χ3n) is 3.37. The Bertz CT molecular complexity index is 542. The maximum atomic E-state index is 5.27. The van der Waals surface area contributed by atoms with Gasteiger partial charge in [0.15, 0.2) is 0 Å². The molecule has 2 aromatic carbocycles. The molecule has 106 valence electrons.